The van der Waals surface area contributed by atoms with Crippen LogP contribution in [0.15, 0.2) is 42.5 Å². The molecule has 0 aliphatic heterocycles. The SMILES string of the molecule is CCCCCCCCCc1ccc(OC)c(/C=C/C(=O)c2c(O)cccc2OC)c1. The van der Waals surface area contributed by atoms with Crippen LogP contribution in [0.5, 0.6) is 17.2 Å². The molecule has 0 unspecified atom stereocenters. The van der Waals surface area contributed by atoms with Crippen molar-refractivity contribution in [2.75, 3.05) is 14.2 Å². The van der Waals surface area contributed by atoms with E-state index in [1.165, 1.54) is 63.3 Å². The molecule has 2 aromatic carbocycles. The van der Waals surface area contributed by atoms with E-state index >= 15 is 0 Å². The average Bonchev–Trinajstić information content (AvgIpc) is 2.76. The fourth-order valence-corrected chi connectivity index (χ4v) is 3.54. The van der Waals surface area contributed by atoms with Crippen LogP contribution in [-0.2, 0) is 6.42 Å². The van der Waals surface area contributed by atoms with Crippen LogP contribution >= 0.6 is 0 Å². The van der Waals surface area contributed by atoms with Gasteiger partial charge in [0.1, 0.15) is 22.8 Å². The zero-order valence-corrected chi connectivity index (χ0v) is 18.4. The van der Waals surface area contributed by atoms with Gasteiger partial charge in [-0.3, -0.25) is 4.79 Å². The molecule has 0 fully saturated rings. The Morgan fingerprint density at radius 3 is 2.33 bits per heavy atom. The number of aromatic hydroxyl groups is 1. The molecule has 1 N–H and O–H groups in total. The predicted molar refractivity (Wildman–Crippen MR) is 123 cm³/mol. The van der Waals surface area contributed by atoms with E-state index < -0.39 is 0 Å². The van der Waals surface area contributed by atoms with Crippen LogP contribution in [0.1, 0.15) is 73.4 Å². The molecule has 30 heavy (non-hydrogen) atoms. The van der Waals surface area contributed by atoms with E-state index in [4.69, 9.17) is 9.47 Å². The Balaban J connectivity index is 2.04. The highest BCUT2D eigenvalue weighted by Crippen LogP contribution is 2.29. The Morgan fingerprint density at radius 1 is 0.933 bits per heavy atom. The number of ketones is 1. The summed E-state index contributed by atoms with van der Waals surface area (Å²) in [6, 6.07) is 10.9. The molecule has 2 rings (SSSR count). The van der Waals surface area contributed by atoms with E-state index in [1.54, 1.807) is 25.3 Å². The highest BCUT2D eigenvalue weighted by atomic mass is 16.5. The first-order valence-corrected chi connectivity index (χ1v) is 10.9. The molecule has 0 atom stereocenters. The number of hydrogen-bond acceptors (Lipinski definition) is 4. The first kappa shape index (κ1) is 23.5. The minimum atomic E-state index is -0.315. The van der Waals surface area contributed by atoms with Gasteiger partial charge in [-0.1, -0.05) is 57.6 Å². The Bertz CT molecular complexity index is 839. The molecule has 0 radical (unpaired) electrons. The second-order valence-corrected chi connectivity index (χ2v) is 7.50. The molecular formula is C26H34O4. The van der Waals surface area contributed by atoms with E-state index in [-0.39, 0.29) is 17.1 Å². The van der Waals surface area contributed by atoms with Crippen molar-refractivity contribution in [3.05, 3.63) is 59.2 Å². The van der Waals surface area contributed by atoms with Crippen molar-refractivity contribution in [2.24, 2.45) is 0 Å². The highest BCUT2D eigenvalue weighted by molar-refractivity contribution is 6.10. The van der Waals surface area contributed by atoms with Crippen molar-refractivity contribution in [1.29, 1.82) is 0 Å². The standard InChI is InChI=1S/C26H34O4/c1-4-5-6-7-8-9-10-12-20-15-18-24(29-2)21(19-20)16-17-23(28)26-22(27)13-11-14-25(26)30-3/h11,13-19,27H,4-10,12H2,1-3H3/b17-16+. The number of phenolic OH excluding ortho intramolecular Hbond substituents is 1. The van der Waals surface area contributed by atoms with Crippen molar-refractivity contribution in [3.8, 4) is 17.2 Å². The van der Waals surface area contributed by atoms with Gasteiger partial charge in [0, 0.05) is 5.56 Å². The predicted octanol–water partition coefficient (Wildman–Crippen LogP) is 6.60. The maximum Gasteiger partial charge on any atom is 0.193 e. The first-order chi connectivity index (χ1) is 14.6. The Labute approximate surface area is 180 Å². The number of unbranched alkanes of at least 4 members (excludes halogenated alkanes) is 6. The molecule has 0 aliphatic rings. The lowest BCUT2D eigenvalue weighted by Crippen LogP contribution is -1.99. The minimum Gasteiger partial charge on any atom is -0.507 e. The third kappa shape index (κ3) is 6.94. The summed E-state index contributed by atoms with van der Waals surface area (Å²) < 4.78 is 10.7. The summed E-state index contributed by atoms with van der Waals surface area (Å²) in [5.41, 5.74) is 2.24. The van der Waals surface area contributed by atoms with Crippen molar-refractivity contribution in [3.63, 3.8) is 0 Å². The number of allylic oxidation sites excluding steroid dienone is 1. The van der Waals surface area contributed by atoms with Gasteiger partial charge in [-0.2, -0.15) is 0 Å². The summed E-state index contributed by atoms with van der Waals surface area (Å²) in [5, 5.41) is 10.1. The number of aryl methyl sites for hydroxylation is 1. The van der Waals surface area contributed by atoms with E-state index in [1.807, 2.05) is 6.07 Å². The van der Waals surface area contributed by atoms with Gasteiger partial charge in [-0.25, -0.2) is 0 Å². The fraction of sp³-hybridized carbons (Fsp3) is 0.423. The zero-order valence-electron chi connectivity index (χ0n) is 18.4. The van der Waals surface area contributed by atoms with Gasteiger partial charge in [-0.15, -0.1) is 0 Å². The lowest BCUT2D eigenvalue weighted by atomic mass is 10.0. The van der Waals surface area contributed by atoms with Gasteiger partial charge in [0.05, 0.1) is 14.2 Å². The summed E-state index contributed by atoms with van der Waals surface area (Å²) in [4.78, 5) is 12.7. The molecule has 0 spiro atoms. The van der Waals surface area contributed by atoms with Crippen molar-refractivity contribution in [2.45, 2.75) is 58.3 Å². The number of carbonyl (C=O) groups is 1. The third-order valence-electron chi connectivity index (χ3n) is 5.25. The molecule has 0 saturated carbocycles. The van der Waals surface area contributed by atoms with Gasteiger partial charge >= 0.3 is 0 Å². The summed E-state index contributed by atoms with van der Waals surface area (Å²) >= 11 is 0. The maximum absolute atomic E-state index is 12.7. The molecule has 0 aromatic heterocycles. The lowest BCUT2D eigenvalue weighted by Gasteiger charge is -2.09. The maximum atomic E-state index is 12.7. The largest absolute Gasteiger partial charge is 0.507 e. The monoisotopic (exact) mass is 410 g/mol. The molecule has 0 bridgehead atoms. The van der Waals surface area contributed by atoms with Gasteiger partial charge in [-0.05, 0) is 54.8 Å². The normalized spacial score (nSPS) is 11.0. The van der Waals surface area contributed by atoms with E-state index in [0.717, 1.165) is 18.4 Å². The molecule has 2 aromatic rings. The van der Waals surface area contributed by atoms with Crippen LogP contribution < -0.4 is 9.47 Å². The first-order valence-electron chi connectivity index (χ1n) is 10.9. The summed E-state index contributed by atoms with van der Waals surface area (Å²) in [5.74, 6) is 0.657. The number of benzene rings is 2. The molecule has 0 aliphatic carbocycles. The summed E-state index contributed by atoms with van der Waals surface area (Å²) in [7, 11) is 3.10. The second kappa shape index (κ2) is 12.7. The molecule has 4 nitrogen and oxygen atoms in total. The molecule has 0 amide bonds. The lowest BCUT2D eigenvalue weighted by molar-refractivity contribution is 0.104. The molecule has 0 heterocycles. The average molecular weight is 411 g/mol. The van der Waals surface area contributed by atoms with Crippen molar-refractivity contribution in [1.82, 2.24) is 0 Å². The molecular weight excluding hydrogens is 376 g/mol. The Hall–Kier alpha value is -2.75. The van der Waals surface area contributed by atoms with Crippen LogP contribution in [0.4, 0.5) is 0 Å². The zero-order chi connectivity index (χ0) is 21.8. The smallest absolute Gasteiger partial charge is 0.193 e. The summed E-state index contributed by atoms with van der Waals surface area (Å²) in [6.45, 7) is 2.24. The topological polar surface area (TPSA) is 55.8 Å². The van der Waals surface area contributed by atoms with E-state index in [2.05, 4.69) is 19.1 Å². The molecule has 4 heteroatoms. The van der Waals surface area contributed by atoms with Crippen LogP contribution in [0, 0.1) is 0 Å². The number of phenols is 1. The third-order valence-corrected chi connectivity index (χ3v) is 5.25. The highest BCUT2D eigenvalue weighted by Gasteiger charge is 2.14. The Morgan fingerprint density at radius 2 is 1.63 bits per heavy atom. The van der Waals surface area contributed by atoms with E-state index in [0.29, 0.717) is 11.5 Å². The van der Waals surface area contributed by atoms with Gasteiger partial charge in [0.15, 0.2) is 5.78 Å². The van der Waals surface area contributed by atoms with Crippen molar-refractivity contribution < 1.29 is 19.4 Å². The minimum absolute atomic E-state index is 0.0938. The second-order valence-electron chi connectivity index (χ2n) is 7.50. The van der Waals surface area contributed by atoms with Crippen LogP contribution in [0.2, 0.25) is 0 Å². The van der Waals surface area contributed by atoms with Gasteiger partial charge in [0.25, 0.3) is 0 Å². The Kier molecular flexibility index (Phi) is 9.99. The van der Waals surface area contributed by atoms with Crippen molar-refractivity contribution >= 4 is 11.9 Å². The number of ether oxygens (including phenoxy) is 2. The van der Waals surface area contributed by atoms with Gasteiger partial charge < -0.3 is 14.6 Å². The van der Waals surface area contributed by atoms with E-state index in [9.17, 15) is 9.90 Å². The number of methoxy groups -OCH3 is 2. The van der Waals surface area contributed by atoms with Crippen LogP contribution in [0.3, 0.4) is 0 Å². The quantitative estimate of drug-likeness (QED) is 0.230. The summed E-state index contributed by atoms with van der Waals surface area (Å²) in [6.07, 6.45) is 13.2. The van der Waals surface area contributed by atoms with Crippen LogP contribution in [-0.4, -0.2) is 25.1 Å². The number of carbonyl (C=O) groups excluding carboxylic acids is 1. The number of rotatable bonds is 13. The van der Waals surface area contributed by atoms with Crippen LogP contribution in [0.25, 0.3) is 6.08 Å². The molecule has 162 valence electrons. The molecule has 0 saturated heterocycles. The van der Waals surface area contributed by atoms with Gasteiger partial charge in [0.2, 0.25) is 0 Å². The fourth-order valence-electron chi connectivity index (χ4n) is 3.54. The number of hydrogen-bond donors (Lipinski definition) is 1.